The zero-order valence-electron chi connectivity index (χ0n) is 11.6. The summed E-state index contributed by atoms with van der Waals surface area (Å²) in [6.07, 6.45) is 0.139. The van der Waals surface area contributed by atoms with Gasteiger partial charge in [-0.2, -0.15) is 0 Å². The average Bonchev–Trinajstić information content (AvgIpc) is 2.74. The lowest BCUT2D eigenvalue weighted by molar-refractivity contribution is -0.115. The van der Waals surface area contributed by atoms with Gasteiger partial charge in [0.25, 0.3) is 0 Å². The summed E-state index contributed by atoms with van der Waals surface area (Å²) >= 11 is 5.97. The number of benzene rings is 1. The number of amides is 1. The summed E-state index contributed by atoms with van der Waals surface area (Å²) in [7, 11) is 3.80. The van der Waals surface area contributed by atoms with Gasteiger partial charge in [-0.15, -0.1) is 0 Å². The number of aryl methyl sites for hydroxylation is 1. The first-order chi connectivity index (χ1) is 9.45. The van der Waals surface area contributed by atoms with E-state index in [-0.39, 0.29) is 12.3 Å². The molecule has 6 heteroatoms. The Labute approximate surface area is 122 Å². The van der Waals surface area contributed by atoms with Crippen LogP contribution in [-0.2, 0) is 11.2 Å². The van der Waals surface area contributed by atoms with Gasteiger partial charge in [-0.05, 0) is 25.1 Å². The normalized spacial score (nSPS) is 10.4. The number of hydrogen-bond acceptors (Lipinski definition) is 4. The SMILES string of the molecule is Cc1cc(CC(=O)Nc2cc(Cl)ccc2N(C)C)on1. The molecule has 2 aromatic rings. The van der Waals surface area contributed by atoms with E-state index in [0.29, 0.717) is 16.5 Å². The third-order valence-electron chi connectivity index (χ3n) is 2.73. The lowest BCUT2D eigenvalue weighted by Crippen LogP contribution is -2.18. The van der Waals surface area contributed by atoms with Crippen molar-refractivity contribution in [1.82, 2.24) is 5.16 Å². The summed E-state index contributed by atoms with van der Waals surface area (Å²) in [4.78, 5) is 13.9. The van der Waals surface area contributed by atoms with Crippen LogP contribution in [0.25, 0.3) is 0 Å². The summed E-state index contributed by atoms with van der Waals surface area (Å²) in [5.74, 6) is 0.361. The second-order valence-corrected chi connectivity index (χ2v) is 5.15. The Morgan fingerprint density at radius 3 is 2.75 bits per heavy atom. The molecule has 106 valence electrons. The number of anilines is 2. The fraction of sp³-hybridized carbons (Fsp3) is 0.286. The van der Waals surface area contributed by atoms with Crippen molar-refractivity contribution in [2.24, 2.45) is 0 Å². The van der Waals surface area contributed by atoms with Crippen molar-refractivity contribution >= 4 is 28.9 Å². The van der Waals surface area contributed by atoms with E-state index in [9.17, 15) is 4.79 Å². The molecular weight excluding hydrogens is 278 g/mol. The van der Waals surface area contributed by atoms with Crippen LogP contribution in [0.5, 0.6) is 0 Å². The minimum absolute atomic E-state index is 0.139. The molecule has 1 amide bonds. The molecule has 1 heterocycles. The molecule has 1 N–H and O–H groups in total. The van der Waals surface area contributed by atoms with Crippen molar-refractivity contribution < 1.29 is 9.32 Å². The second-order valence-electron chi connectivity index (χ2n) is 4.72. The molecule has 0 saturated heterocycles. The lowest BCUT2D eigenvalue weighted by atomic mass is 10.2. The Balaban J connectivity index is 2.12. The molecule has 0 unspecified atom stereocenters. The molecule has 5 nitrogen and oxygen atoms in total. The summed E-state index contributed by atoms with van der Waals surface area (Å²) in [5.41, 5.74) is 2.31. The van der Waals surface area contributed by atoms with Gasteiger partial charge in [0.2, 0.25) is 5.91 Å². The third kappa shape index (κ3) is 3.51. The van der Waals surface area contributed by atoms with Crippen LogP contribution in [-0.4, -0.2) is 25.2 Å². The highest BCUT2D eigenvalue weighted by molar-refractivity contribution is 6.31. The number of hydrogen-bond donors (Lipinski definition) is 1. The average molecular weight is 294 g/mol. The molecule has 0 aliphatic carbocycles. The third-order valence-corrected chi connectivity index (χ3v) is 2.96. The van der Waals surface area contributed by atoms with E-state index in [4.69, 9.17) is 16.1 Å². The smallest absolute Gasteiger partial charge is 0.232 e. The topological polar surface area (TPSA) is 58.4 Å². The van der Waals surface area contributed by atoms with Crippen LogP contribution >= 0.6 is 11.6 Å². The predicted molar refractivity (Wildman–Crippen MR) is 79.4 cm³/mol. The number of nitrogens with one attached hydrogen (secondary N) is 1. The maximum atomic E-state index is 12.0. The zero-order valence-corrected chi connectivity index (χ0v) is 12.4. The molecule has 1 aromatic carbocycles. The van der Waals surface area contributed by atoms with Crippen LogP contribution in [0.2, 0.25) is 5.02 Å². The van der Waals surface area contributed by atoms with Gasteiger partial charge in [-0.25, -0.2) is 0 Å². The fourth-order valence-corrected chi connectivity index (χ4v) is 2.02. The lowest BCUT2D eigenvalue weighted by Gasteiger charge is -2.18. The maximum Gasteiger partial charge on any atom is 0.232 e. The first-order valence-electron chi connectivity index (χ1n) is 6.14. The molecular formula is C14H16ClN3O2. The van der Waals surface area contributed by atoms with Crippen molar-refractivity contribution in [3.05, 3.63) is 40.7 Å². The molecule has 0 aliphatic heterocycles. The van der Waals surface area contributed by atoms with Gasteiger partial charge in [0, 0.05) is 25.2 Å². The van der Waals surface area contributed by atoms with E-state index < -0.39 is 0 Å². The van der Waals surface area contributed by atoms with Crippen LogP contribution in [0, 0.1) is 6.92 Å². The number of carbonyl (C=O) groups is 1. The van der Waals surface area contributed by atoms with E-state index in [1.807, 2.05) is 32.0 Å². The highest BCUT2D eigenvalue weighted by Crippen LogP contribution is 2.27. The van der Waals surface area contributed by atoms with Crippen molar-refractivity contribution in [2.45, 2.75) is 13.3 Å². The largest absolute Gasteiger partial charge is 0.376 e. The predicted octanol–water partition coefficient (Wildman–Crippen LogP) is 2.88. The van der Waals surface area contributed by atoms with E-state index >= 15 is 0 Å². The van der Waals surface area contributed by atoms with Crippen molar-refractivity contribution in [2.75, 3.05) is 24.3 Å². The maximum absolute atomic E-state index is 12.0. The van der Waals surface area contributed by atoms with Crippen LogP contribution in [0.3, 0.4) is 0 Å². The molecule has 1 aromatic heterocycles. The number of nitrogens with zero attached hydrogens (tertiary/aromatic N) is 2. The summed E-state index contributed by atoms with van der Waals surface area (Å²) in [6.45, 7) is 1.81. The Morgan fingerprint density at radius 1 is 1.40 bits per heavy atom. The molecule has 0 radical (unpaired) electrons. The Hall–Kier alpha value is -2.01. The van der Waals surface area contributed by atoms with Crippen LogP contribution < -0.4 is 10.2 Å². The number of halogens is 1. The molecule has 0 saturated carbocycles. The zero-order chi connectivity index (χ0) is 14.7. The van der Waals surface area contributed by atoms with E-state index in [2.05, 4.69) is 10.5 Å². The van der Waals surface area contributed by atoms with E-state index in [1.165, 1.54) is 0 Å². The first-order valence-corrected chi connectivity index (χ1v) is 6.52. The number of rotatable bonds is 4. The standard InChI is InChI=1S/C14H16ClN3O2/c1-9-6-11(20-17-9)8-14(19)16-12-7-10(15)4-5-13(12)18(2)3/h4-7H,8H2,1-3H3,(H,16,19). The molecule has 0 fully saturated rings. The quantitative estimate of drug-likeness (QED) is 0.942. The number of aromatic nitrogens is 1. The Bertz CT molecular complexity index is 623. The Morgan fingerprint density at radius 2 is 2.15 bits per heavy atom. The summed E-state index contributed by atoms with van der Waals surface area (Å²) in [5, 5.41) is 7.16. The molecule has 0 bridgehead atoms. The van der Waals surface area contributed by atoms with Gasteiger partial charge in [-0.1, -0.05) is 16.8 Å². The van der Waals surface area contributed by atoms with Crippen molar-refractivity contribution in [3.63, 3.8) is 0 Å². The summed E-state index contributed by atoms with van der Waals surface area (Å²) in [6, 6.07) is 7.10. The van der Waals surface area contributed by atoms with Crippen molar-refractivity contribution in [3.8, 4) is 0 Å². The highest BCUT2D eigenvalue weighted by Gasteiger charge is 2.12. The van der Waals surface area contributed by atoms with Gasteiger partial charge in [0.1, 0.15) is 5.76 Å². The molecule has 2 rings (SSSR count). The van der Waals surface area contributed by atoms with Crippen LogP contribution in [0.1, 0.15) is 11.5 Å². The molecule has 0 atom stereocenters. The second kappa shape index (κ2) is 5.96. The monoisotopic (exact) mass is 293 g/mol. The van der Waals surface area contributed by atoms with Gasteiger partial charge < -0.3 is 14.7 Å². The molecule has 20 heavy (non-hydrogen) atoms. The van der Waals surface area contributed by atoms with E-state index in [0.717, 1.165) is 11.4 Å². The summed E-state index contributed by atoms with van der Waals surface area (Å²) < 4.78 is 5.03. The van der Waals surface area contributed by atoms with Gasteiger partial charge in [-0.3, -0.25) is 4.79 Å². The number of carbonyl (C=O) groups excluding carboxylic acids is 1. The Kier molecular flexibility index (Phi) is 4.29. The van der Waals surface area contributed by atoms with Crippen molar-refractivity contribution in [1.29, 1.82) is 0 Å². The highest BCUT2D eigenvalue weighted by atomic mass is 35.5. The van der Waals surface area contributed by atoms with Gasteiger partial charge >= 0.3 is 0 Å². The molecule has 0 aliphatic rings. The minimum atomic E-state index is -0.175. The van der Waals surface area contributed by atoms with Crippen LogP contribution in [0.15, 0.2) is 28.8 Å². The fourth-order valence-electron chi connectivity index (χ4n) is 1.85. The van der Waals surface area contributed by atoms with Gasteiger partial charge in [0.05, 0.1) is 23.5 Å². The van der Waals surface area contributed by atoms with Gasteiger partial charge in [0.15, 0.2) is 0 Å². The van der Waals surface area contributed by atoms with E-state index in [1.54, 1.807) is 18.2 Å². The first kappa shape index (κ1) is 14.4. The minimum Gasteiger partial charge on any atom is -0.376 e. The molecule has 0 spiro atoms. The van der Waals surface area contributed by atoms with Crippen LogP contribution in [0.4, 0.5) is 11.4 Å².